The van der Waals surface area contributed by atoms with Crippen molar-refractivity contribution in [3.8, 4) is 0 Å². The molecule has 4 aliphatic rings. The van der Waals surface area contributed by atoms with Crippen LogP contribution in [0, 0.1) is 11.8 Å². The predicted octanol–water partition coefficient (Wildman–Crippen LogP) is -0.481. The summed E-state index contributed by atoms with van der Waals surface area (Å²) in [6.07, 6.45) is 5.66. The van der Waals surface area contributed by atoms with Crippen LogP contribution in [0.4, 0.5) is 5.82 Å². The van der Waals surface area contributed by atoms with Gasteiger partial charge in [0.15, 0.2) is 24.1 Å². The number of nitrogens with one attached hydrogen (secondary N) is 1. The molecule has 1 unspecified atom stereocenters. The average molecular weight is 526 g/mol. The van der Waals surface area contributed by atoms with E-state index in [1.165, 1.54) is 17.6 Å². The molecule has 2 atom stereocenters. The number of hydrogen-bond acceptors (Lipinski definition) is 7. The SMILES string of the molecule is O=C(C[N+]12CCC(CC1)C(OC(=O)[C@@](O)(c1cccs1)C1CCC1)C2)Nc1ccon1.[Br-]. The molecule has 2 aromatic rings. The first-order chi connectivity index (χ1) is 15.0. The van der Waals surface area contributed by atoms with E-state index in [0.717, 1.165) is 45.2 Å². The molecule has 1 saturated carbocycles. The number of halogens is 1. The Labute approximate surface area is 201 Å². The Balaban J connectivity index is 0.00000245. The van der Waals surface area contributed by atoms with Crippen molar-refractivity contribution in [1.82, 2.24) is 5.16 Å². The molecule has 6 rings (SSSR count). The first-order valence-electron chi connectivity index (χ1n) is 11.0. The molecule has 0 radical (unpaired) electrons. The fourth-order valence-electron chi connectivity index (χ4n) is 5.36. The minimum atomic E-state index is -1.56. The predicted molar refractivity (Wildman–Crippen MR) is 113 cm³/mol. The number of ether oxygens (including phenoxy) is 1. The van der Waals surface area contributed by atoms with Crippen molar-refractivity contribution in [1.29, 1.82) is 0 Å². The van der Waals surface area contributed by atoms with Gasteiger partial charge in [-0.05, 0) is 24.3 Å². The number of piperidine rings is 3. The summed E-state index contributed by atoms with van der Waals surface area (Å²) in [5, 5.41) is 19.8. The van der Waals surface area contributed by atoms with E-state index < -0.39 is 11.6 Å². The van der Waals surface area contributed by atoms with Gasteiger partial charge in [0.2, 0.25) is 0 Å². The molecule has 32 heavy (non-hydrogen) atoms. The molecule has 2 bridgehead atoms. The molecule has 0 aromatic carbocycles. The zero-order chi connectivity index (χ0) is 21.5. The Morgan fingerprint density at radius 2 is 2.06 bits per heavy atom. The van der Waals surface area contributed by atoms with Crippen LogP contribution >= 0.6 is 11.3 Å². The van der Waals surface area contributed by atoms with Crippen molar-refractivity contribution in [2.24, 2.45) is 11.8 Å². The maximum Gasteiger partial charge on any atom is 0.344 e. The van der Waals surface area contributed by atoms with Crippen LogP contribution in [0.3, 0.4) is 0 Å². The standard InChI is InChI=1S/C22H27N3O5S.BrH/c26-20(23-19-8-11-29-24-19)14-25-9-6-15(7-10-25)17(13-25)30-21(27)22(28,16-3-1-4-16)18-5-2-12-31-18;/h2,5,8,11-12,15-17,28H,1,3-4,6-7,9-10,13-14H2;1H/t15?,17?,22-,25?;/m0./s1. The van der Waals surface area contributed by atoms with Gasteiger partial charge < -0.3 is 41.1 Å². The number of carbonyl (C=O) groups excluding carboxylic acids is 2. The molecule has 5 heterocycles. The molecule has 10 heteroatoms. The summed E-state index contributed by atoms with van der Waals surface area (Å²) in [5.74, 6) is -0.0419. The van der Waals surface area contributed by atoms with E-state index in [1.807, 2.05) is 17.5 Å². The highest BCUT2D eigenvalue weighted by molar-refractivity contribution is 7.10. The number of aromatic nitrogens is 1. The normalized spacial score (nSPS) is 28.8. The van der Waals surface area contributed by atoms with E-state index >= 15 is 0 Å². The number of anilines is 1. The van der Waals surface area contributed by atoms with Gasteiger partial charge in [-0.1, -0.05) is 17.6 Å². The monoisotopic (exact) mass is 525 g/mol. The molecule has 1 amide bonds. The van der Waals surface area contributed by atoms with Crippen LogP contribution in [0.1, 0.15) is 37.0 Å². The van der Waals surface area contributed by atoms with Crippen LogP contribution in [-0.2, 0) is 19.9 Å². The number of aliphatic hydroxyl groups is 1. The summed E-state index contributed by atoms with van der Waals surface area (Å²) in [5.41, 5.74) is -1.56. The van der Waals surface area contributed by atoms with E-state index in [4.69, 9.17) is 9.26 Å². The number of hydrogen-bond donors (Lipinski definition) is 2. The van der Waals surface area contributed by atoms with Crippen LogP contribution in [0.15, 0.2) is 34.4 Å². The van der Waals surface area contributed by atoms with Gasteiger partial charge in [-0.2, -0.15) is 0 Å². The highest BCUT2D eigenvalue weighted by atomic mass is 79.9. The van der Waals surface area contributed by atoms with E-state index in [9.17, 15) is 14.7 Å². The molecule has 3 aliphatic heterocycles. The second-order valence-electron chi connectivity index (χ2n) is 9.22. The minimum Gasteiger partial charge on any atom is -1.00 e. The van der Waals surface area contributed by atoms with Gasteiger partial charge >= 0.3 is 5.97 Å². The number of nitrogens with zero attached hydrogens (tertiary/aromatic N) is 2. The molecule has 0 spiro atoms. The van der Waals surface area contributed by atoms with Gasteiger partial charge in [0.05, 0.1) is 13.1 Å². The Kier molecular flexibility index (Phi) is 6.76. The van der Waals surface area contributed by atoms with Gasteiger partial charge in [0.25, 0.3) is 5.91 Å². The smallest absolute Gasteiger partial charge is 0.344 e. The summed E-state index contributed by atoms with van der Waals surface area (Å²) in [4.78, 5) is 26.6. The van der Waals surface area contributed by atoms with E-state index in [-0.39, 0.29) is 40.8 Å². The first kappa shape index (κ1) is 23.4. The minimum absolute atomic E-state index is 0. The lowest BCUT2D eigenvalue weighted by Crippen LogP contribution is -3.00. The van der Waals surface area contributed by atoms with Crippen molar-refractivity contribution < 1.29 is 45.4 Å². The molecule has 2 N–H and O–H groups in total. The maximum atomic E-state index is 13.3. The Morgan fingerprint density at radius 3 is 2.66 bits per heavy atom. The first-order valence-corrected chi connectivity index (χ1v) is 11.9. The van der Waals surface area contributed by atoms with Crippen molar-refractivity contribution >= 4 is 29.0 Å². The van der Waals surface area contributed by atoms with Gasteiger partial charge in [-0.25, -0.2) is 4.79 Å². The second kappa shape index (κ2) is 9.24. The molecule has 174 valence electrons. The summed E-state index contributed by atoms with van der Waals surface area (Å²) in [6, 6.07) is 5.29. The number of rotatable bonds is 7. The Hall–Kier alpha value is -1.75. The largest absolute Gasteiger partial charge is 1.00 e. The van der Waals surface area contributed by atoms with Crippen LogP contribution in [0.25, 0.3) is 0 Å². The van der Waals surface area contributed by atoms with Crippen molar-refractivity contribution in [3.63, 3.8) is 0 Å². The second-order valence-corrected chi connectivity index (χ2v) is 10.2. The lowest BCUT2D eigenvalue weighted by Gasteiger charge is -2.52. The number of amides is 1. The van der Waals surface area contributed by atoms with E-state index in [1.54, 1.807) is 6.07 Å². The van der Waals surface area contributed by atoms with E-state index in [2.05, 4.69) is 10.5 Å². The third-order valence-corrected chi connectivity index (χ3v) is 8.38. The molecule has 4 fully saturated rings. The number of thiophene rings is 1. The van der Waals surface area contributed by atoms with Crippen molar-refractivity contribution in [2.45, 2.75) is 43.8 Å². The van der Waals surface area contributed by atoms with Gasteiger partial charge in [0.1, 0.15) is 12.8 Å². The molecule has 2 aromatic heterocycles. The zero-order valence-electron chi connectivity index (χ0n) is 17.7. The highest BCUT2D eigenvalue weighted by Gasteiger charge is 2.54. The lowest BCUT2D eigenvalue weighted by atomic mass is 9.72. The summed E-state index contributed by atoms with van der Waals surface area (Å²) in [6.45, 7) is 2.70. The topological polar surface area (TPSA) is 102 Å². The number of esters is 1. The number of carbonyl (C=O) groups is 2. The quantitative estimate of drug-likeness (QED) is 0.374. The van der Waals surface area contributed by atoms with Gasteiger partial charge in [-0.15, -0.1) is 11.3 Å². The molecule has 1 aliphatic carbocycles. The van der Waals surface area contributed by atoms with E-state index in [0.29, 0.717) is 28.3 Å². The van der Waals surface area contributed by atoms with Gasteiger partial charge in [-0.3, -0.25) is 4.79 Å². The maximum absolute atomic E-state index is 13.3. The van der Waals surface area contributed by atoms with Crippen LogP contribution in [-0.4, -0.2) is 58.9 Å². The number of fused-ring (bicyclic) bond motifs is 3. The molecule has 3 saturated heterocycles. The third-order valence-electron chi connectivity index (χ3n) is 7.39. The lowest BCUT2D eigenvalue weighted by molar-refractivity contribution is -0.939. The fraction of sp³-hybridized carbons (Fsp3) is 0.591. The molecular weight excluding hydrogens is 498 g/mol. The van der Waals surface area contributed by atoms with Crippen molar-refractivity contribution in [3.05, 3.63) is 34.7 Å². The van der Waals surface area contributed by atoms with Crippen LogP contribution in [0.5, 0.6) is 0 Å². The Bertz CT molecular complexity index is 926. The number of quaternary nitrogens is 1. The van der Waals surface area contributed by atoms with Crippen molar-refractivity contribution in [2.75, 3.05) is 31.5 Å². The van der Waals surface area contributed by atoms with Gasteiger partial charge in [0, 0.05) is 35.6 Å². The fourth-order valence-corrected chi connectivity index (χ4v) is 6.25. The third kappa shape index (κ3) is 4.25. The summed E-state index contributed by atoms with van der Waals surface area (Å²) in [7, 11) is 0. The molecular formula is C22H28BrN3O5S. The Morgan fingerprint density at radius 1 is 1.28 bits per heavy atom. The zero-order valence-corrected chi connectivity index (χ0v) is 20.1. The van der Waals surface area contributed by atoms with Crippen LogP contribution in [0.2, 0.25) is 0 Å². The summed E-state index contributed by atoms with van der Waals surface area (Å²) < 4.78 is 11.4. The average Bonchev–Trinajstić information content (AvgIpc) is 3.41. The highest BCUT2D eigenvalue weighted by Crippen LogP contribution is 2.46. The van der Waals surface area contributed by atoms with Crippen LogP contribution < -0.4 is 22.3 Å². The molecule has 8 nitrogen and oxygen atoms in total. The summed E-state index contributed by atoms with van der Waals surface area (Å²) >= 11 is 1.40.